The molecule has 6 nitrogen and oxygen atoms in total. The van der Waals surface area contributed by atoms with E-state index >= 15 is 0 Å². The fraction of sp³-hybridized carbons (Fsp3) is 0.462. The van der Waals surface area contributed by atoms with Gasteiger partial charge in [-0.1, -0.05) is 0 Å². The van der Waals surface area contributed by atoms with Gasteiger partial charge in [-0.2, -0.15) is 0 Å². The number of nitrogens with zero attached hydrogens (tertiary/aromatic N) is 3. The summed E-state index contributed by atoms with van der Waals surface area (Å²) in [6, 6.07) is 3.54. The molecule has 0 aromatic carbocycles. The second kappa shape index (κ2) is 6.71. The number of piperazine rings is 1. The van der Waals surface area contributed by atoms with E-state index in [9.17, 15) is 9.59 Å². The number of carbonyl (C=O) groups is 2. The molecule has 0 unspecified atom stereocenters. The van der Waals surface area contributed by atoms with Gasteiger partial charge in [-0.3, -0.25) is 14.5 Å². The van der Waals surface area contributed by atoms with Crippen LogP contribution in [0.15, 0.2) is 23.4 Å². The van der Waals surface area contributed by atoms with Crippen LogP contribution in [0.2, 0.25) is 0 Å². The number of aliphatic carboxylic acids is 1. The highest BCUT2D eigenvalue weighted by Gasteiger charge is 2.24. The zero-order valence-corrected chi connectivity index (χ0v) is 12.1. The number of aromatic nitrogens is 1. The lowest BCUT2D eigenvalue weighted by Crippen LogP contribution is -2.50. The predicted molar refractivity (Wildman–Crippen MR) is 76.0 cm³/mol. The molecule has 108 valence electrons. The minimum absolute atomic E-state index is 0.0302. The highest BCUT2D eigenvalue weighted by molar-refractivity contribution is 7.98. The maximum absolute atomic E-state index is 12.4. The molecule has 0 radical (unpaired) electrons. The van der Waals surface area contributed by atoms with Gasteiger partial charge in [0.25, 0.3) is 5.91 Å². The number of pyridine rings is 1. The predicted octanol–water partition coefficient (Wildman–Crippen LogP) is 0.646. The molecule has 1 saturated heterocycles. The zero-order chi connectivity index (χ0) is 14.5. The number of carbonyl (C=O) groups excluding carboxylic acids is 1. The number of thioether (sulfide) groups is 1. The fourth-order valence-corrected chi connectivity index (χ4v) is 2.73. The first-order valence-corrected chi connectivity index (χ1v) is 7.56. The molecule has 1 amide bonds. The molecule has 1 aliphatic rings. The Labute approximate surface area is 121 Å². The summed E-state index contributed by atoms with van der Waals surface area (Å²) in [6.45, 7) is 2.31. The summed E-state index contributed by atoms with van der Waals surface area (Å²) in [6.07, 6.45) is 3.57. The van der Waals surface area contributed by atoms with E-state index in [1.807, 2.05) is 11.2 Å². The van der Waals surface area contributed by atoms with Gasteiger partial charge in [0.2, 0.25) is 0 Å². The SMILES string of the molecule is CSc1ncccc1C(=O)N1CCN(CC(=O)O)CC1. The molecule has 0 saturated carbocycles. The molecule has 2 heterocycles. The molecule has 1 N–H and O–H groups in total. The summed E-state index contributed by atoms with van der Waals surface area (Å²) >= 11 is 1.45. The smallest absolute Gasteiger partial charge is 0.317 e. The summed E-state index contributed by atoms with van der Waals surface area (Å²) in [4.78, 5) is 30.9. The minimum atomic E-state index is -0.832. The van der Waals surface area contributed by atoms with Crippen LogP contribution >= 0.6 is 11.8 Å². The van der Waals surface area contributed by atoms with Crippen LogP contribution in [0.3, 0.4) is 0 Å². The summed E-state index contributed by atoms with van der Waals surface area (Å²) in [5, 5.41) is 9.48. The molecule has 7 heteroatoms. The van der Waals surface area contributed by atoms with Crippen molar-refractivity contribution in [2.45, 2.75) is 5.03 Å². The average molecular weight is 295 g/mol. The second-order valence-corrected chi connectivity index (χ2v) is 5.32. The molecular weight excluding hydrogens is 278 g/mol. The van der Waals surface area contributed by atoms with Crippen LogP contribution in [0.5, 0.6) is 0 Å². The molecule has 1 fully saturated rings. The third-order valence-corrected chi connectivity index (χ3v) is 3.93. The Bertz CT molecular complexity index is 501. The van der Waals surface area contributed by atoms with E-state index in [1.54, 1.807) is 23.2 Å². The van der Waals surface area contributed by atoms with Crippen molar-refractivity contribution in [1.29, 1.82) is 0 Å². The topological polar surface area (TPSA) is 73.7 Å². The molecule has 0 spiro atoms. The molecule has 1 aromatic heterocycles. The van der Waals surface area contributed by atoms with Gasteiger partial charge >= 0.3 is 5.97 Å². The molecule has 1 aliphatic heterocycles. The fourth-order valence-electron chi connectivity index (χ4n) is 2.19. The van der Waals surface area contributed by atoms with Crippen molar-refractivity contribution in [2.24, 2.45) is 0 Å². The van der Waals surface area contributed by atoms with Gasteiger partial charge in [-0.25, -0.2) is 4.98 Å². The molecule has 2 rings (SSSR count). The minimum Gasteiger partial charge on any atom is -0.480 e. The number of rotatable bonds is 4. The van der Waals surface area contributed by atoms with Gasteiger partial charge in [0, 0.05) is 32.4 Å². The highest BCUT2D eigenvalue weighted by Crippen LogP contribution is 2.19. The van der Waals surface area contributed by atoms with Crippen molar-refractivity contribution in [3.8, 4) is 0 Å². The molecule has 20 heavy (non-hydrogen) atoms. The number of hydrogen-bond acceptors (Lipinski definition) is 5. The number of carboxylic acids is 1. The standard InChI is InChI=1S/C13H17N3O3S/c1-20-12-10(3-2-4-14-12)13(19)16-7-5-15(6-8-16)9-11(17)18/h2-4H,5-9H2,1H3,(H,17,18). The maximum Gasteiger partial charge on any atom is 0.317 e. The van der Waals surface area contributed by atoms with Gasteiger partial charge in [0.1, 0.15) is 5.03 Å². The summed E-state index contributed by atoms with van der Waals surface area (Å²) in [5.74, 6) is -0.862. The Hall–Kier alpha value is -1.60. The third kappa shape index (κ3) is 3.49. The van der Waals surface area contributed by atoms with E-state index in [-0.39, 0.29) is 12.5 Å². The van der Waals surface area contributed by atoms with E-state index in [1.165, 1.54) is 11.8 Å². The second-order valence-electron chi connectivity index (χ2n) is 4.52. The van der Waals surface area contributed by atoms with Crippen molar-refractivity contribution in [2.75, 3.05) is 39.0 Å². The maximum atomic E-state index is 12.4. The van der Waals surface area contributed by atoms with E-state index < -0.39 is 5.97 Å². The van der Waals surface area contributed by atoms with E-state index in [4.69, 9.17) is 5.11 Å². The van der Waals surface area contributed by atoms with Crippen molar-refractivity contribution in [3.05, 3.63) is 23.9 Å². The van der Waals surface area contributed by atoms with Crippen LogP contribution in [0.4, 0.5) is 0 Å². The van der Waals surface area contributed by atoms with Crippen LogP contribution in [0, 0.1) is 0 Å². The Morgan fingerprint density at radius 3 is 2.65 bits per heavy atom. The average Bonchev–Trinajstić information content (AvgIpc) is 2.46. The quantitative estimate of drug-likeness (QED) is 0.822. The van der Waals surface area contributed by atoms with Crippen LogP contribution in [-0.4, -0.2) is 70.7 Å². The van der Waals surface area contributed by atoms with Crippen LogP contribution in [0.1, 0.15) is 10.4 Å². The first-order chi connectivity index (χ1) is 9.61. The largest absolute Gasteiger partial charge is 0.480 e. The van der Waals surface area contributed by atoms with Crippen molar-refractivity contribution in [1.82, 2.24) is 14.8 Å². The van der Waals surface area contributed by atoms with Gasteiger partial charge in [0.15, 0.2) is 0 Å². The molecular formula is C13H17N3O3S. The number of carboxylic acid groups (broad SMARTS) is 1. The molecule has 0 atom stereocenters. The van der Waals surface area contributed by atoms with Gasteiger partial charge in [-0.15, -0.1) is 11.8 Å². The number of amides is 1. The monoisotopic (exact) mass is 295 g/mol. The summed E-state index contributed by atoms with van der Waals surface area (Å²) in [5.41, 5.74) is 0.617. The van der Waals surface area contributed by atoms with E-state index in [2.05, 4.69) is 4.98 Å². The first kappa shape index (κ1) is 14.8. The van der Waals surface area contributed by atoms with E-state index in [0.29, 0.717) is 31.7 Å². The lowest BCUT2D eigenvalue weighted by atomic mass is 10.2. The van der Waals surface area contributed by atoms with Gasteiger partial charge in [-0.05, 0) is 18.4 Å². The molecule has 0 aliphatic carbocycles. The van der Waals surface area contributed by atoms with Crippen LogP contribution in [0.25, 0.3) is 0 Å². The third-order valence-electron chi connectivity index (χ3n) is 3.21. The van der Waals surface area contributed by atoms with Crippen molar-refractivity contribution >= 4 is 23.6 Å². The Morgan fingerprint density at radius 1 is 1.35 bits per heavy atom. The normalized spacial score (nSPS) is 16.1. The number of hydrogen-bond donors (Lipinski definition) is 1. The van der Waals surface area contributed by atoms with Crippen LogP contribution in [-0.2, 0) is 4.79 Å². The van der Waals surface area contributed by atoms with E-state index in [0.717, 1.165) is 5.03 Å². The Kier molecular flexibility index (Phi) is 4.97. The zero-order valence-electron chi connectivity index (χ0n) is 11.3. The van der Waals surface area contributed by atoms with Gasteiger partial charge < -0.3 is 10.0 Å². The van der Waals surface area contributed by atoms with Crippen molar-refractivity contribution < 1.29 is 14.7 Å². The summed E-state index contributed by atoms with van der Waals surface area (Å²) < 4.78 is 0. The van der Waals surface area contributed by atoms with Crippen molar-refractivity contribution in [3.63, 3.8) is 0 Å². The lowest BCUT2D eigenvalue weighted by molar-refractivity contribution is -0.138. The molecule has 0 bridgehead atoms. The van der Waals surface area contributed by atoms with Gasteiger partial charge in [0.05, 0.1) is 12.1 Å². The summed E-state index contributed by atoms with van der Waals surface area (Å²) in [7, 11) is 0. The lowest BCUT2D eigenvalue weighted by Gasteiger charge is -2.34. The highest BCUT2D eigenvalue weighted by atomic mass is 32.2. The molecule has 1 aromatic rings. The van der Waals surface area contributed by atoms with Crippen LogP contribution < -0.4 is 0 Å². The Morgan fingerprint density at radius 2 is 2.05 bits per heavy atom. The Balaban J connectivity index is 2.00. The first-order valence-electron chi connectivity index (χ1n) is 6.34.